The predicted molar refractivity (Wildman–Crippen MR) is 124 cm³/mol. The number of nitrogens with one attached hydrogen (secondary N) is 3. The molecule has 3 heterocycles. The van der Waals surface area contributed by atoms with Crippen LogP contribution in [0.2, 0.25) is 5.02 Å². The van der Waals surface area contributed by atoms with Gasteiger partial charge in [-0.25, -0.2) is 4.98 Å². The molecule has 5 rings (SSSR count). The molecule has 2 aromatic carbocycles. The first-order valence-corrected chi connectivity index (χ1v) is 11.2. The summed E-state index contributed by atoms with van der Waals surface area (Å²) in [7, 11) is 0. The first kappa shape index (κ1) is 23.0. The van der Waals surface area contributed by atoms with Gasteiger partial charge in [0.05, 0.1) is 33.9 Å². The van der Waals surface area contributed by atoms with E-state index in [0.29, 0.717) is 46.1 Å². The summed E-state index contributed by atoms with van der Waals surface area (Å²) in [6.45, 7) is 2.01. The molecule has 1 unspecified atom stereocenters. The summed E-state index contributed by atoms with van der Waals surface area (Å²) in [5, 5.41) is 5.88. The lowest BCUT2D eigenvalue weighted by Gasteiger charge is -2.20. The zero-order chi connectivity index (χ0) is 24.9. The summed E-state index contributed by atoms with van der Waals surface area (Å²) in [6, 6.07) is 9.41. The minimum atomic E-state index is -4.72. The van der Waals surface area contributed by atoms with E-state index in [1.54, 1.807) is 25.1 Å². The summed E-state index contributed by atoms with van der Waals surface area (Å²) < 4.78 is 43.4. The number of fused-ring (bicyclic) bond motifs is 2. The zero-order valence-corrected chi connectivity index (χ0v) is 19.1. The fourth-order valence-corrected chi connectivity index (χ4v) is 4.38. The van der Waals surface area contributed by atoms with E-state index in [9.17, 15) is 22.8 Å². The molecule has 7 nitrogen and oxygen atoms in total. The molecule has 35 heavy (non-hydrogen) atoms. The molecule has 0 saturated heterocycles. The minimum absolute atomic E-state index is 0.146. The maximum absolute atomic E-state index is 14.0. The van der Waals surface area contributed by atoms with Gasteiger partial charge < -0.3 is 20.2 Å². The number of nitrogens with zero attached hydrogens (tertiary/aromatic N) is 2. The lowest BCUT2D eigenvalue weighted by Crippen LogP contribution is -2.32. The van der Waals surface area contributed by atoms with Gasteiger partial charge in [-0.2, -0.15) is 13.2 Å². The van der Waals surface area contributed by atoms with Crippen LogP contribution >= 0.6 is 11.6 Å². The van der Waals surface area contributed by atoms with Crippen LogP contribution in [0.4, 0.5) is 13.2 Å². The molecular weight excluding hydrogens is 483 g/mol. The molecule has 1 aliphatic heterocycles. The molecule has 1 atom stereocenters. The number of amides is 2. The highest BCUT2D eigenvalue weighted by atomic mass is 35.5. The third-order valence-electron chi connectivity index (χ3n) is 5.93. The molecule has 0 radical (unpaired) electrons. The molecule has 3 N–H and O–H groups in total. The summed E-state index contributed by atoms with van der Waals surface area (Å²) in [5.41, 5.74) is 0.903. The molecular formula is C24H19ClF3N5O2. The van der Waals surface area contributed by atoms with Crippen molar-refractivity contribution < 1.29 is 22.8 Å². The summed E-state index contributed by atoms with van der Waals surface area (Å²) in [6.07, 6.45) is -2.88. The Bertz CT molecular complexity index is 1470. The van der Waals surface area contributed by atoms with Gasteiger partial charge in [-0.3, -0.25) is 9.59 Å². The molecule has 0 aliphatic carbocycles. The Labute approximate surface area is 202 Å². The Kier molecular flexibility index (Phi) is 5.55. The van der Waals surface area contributed by atoms with Crippen LogP contribution in [0.15, 0.2) is 48.7 Å². The van der Waals surface area contributed by atoms with E-state index >= 15 is 0 Å². The van der Waals surface area contributed by atoms with Crippen LogP contribution in [0.1, 0.15) is 50.8 Å². The molecule has 0 bridgehead atoms. The van der Waals surface area contributed by atoms with Gasteiger partial charge in [0.25, 0.3) is 11.8 Å². The molecule has 0 spiro atoms. The largest absolute Gasteiger partial charge is 0.418 e. The number of halogens is 4. The standard InChI is InChI=1S/C24H19ClF3N5O2/c1-12(21-31-17-4-3-14(25)11-18(17)32-21)30-22(34)13-2-5-20(16(10-13)24(26,27)28)33-9-7-15-19(33)6-8-29-23(15)35/h2-5,7,9-12H,6,8H2,1H3,(H,29,35)(H,30,34)(H,31,32). The number of carbonyl (C=O) groups excluding carboxylic acids is 2. The second kappa shape index (κ2) is 8.46. The number of imidazole rings is 1. The Morgan fingerprint density at radius 1 is 1.20 bits per heavy atom. The monoisotopic (exact) mass is 501 g/mol. The molecule has 0 fully saturated rings. The highest BCUT2D eigenvalue weighted by Crippen LogP contribution is 2.36. The third-order valence-corrected chi connectivity index (χ3v) is 6.16. The van der Waals surface area contributed by atoms with Gasteiger partial charge in [0.1, 0.15) is 5.82 Å². The second-order valence-electron chi connectivity index (χ2n) is 8.26. The minimum Gasteiger partial charge on any atom is -0.352 e. The van der Waals surface area contributed by atoms with Crippen LogP contribution < -0.4 is 10.6 Å². The number of benzene rings is 2. The normalized spacial score (nSPS) is 14.5. The SMILES string of the molecule is CC(NC(=O)c1ccc(-n2ccc3c2CCNC3=O)c(C(F)(F)F)c1)c1nc2ccc(Cl)cc2[nH]1. The number of rotatable bonds is 4. The quantitative estimate of drug-likeness (QED) is 0.375. The maximum atomic E-state index is 14.0. The van der Waals surface area contributed by atoms with Crippen molar-refractivity contribution in [1.82, 2.24) is 25.2 Å². The van der Waals surface area contributed by atoms with Crippen LogP contribution in [0.5, 0.6) is 0 Å². The number of hydrogen-bond donors (Lipinski definition) is 3. The van der Waals surface area contributed by atoms with Gasteiger partial charge in [-0.1, -0.05) is 11.6 Å². The summed E-state index contributed by atoms with van der Waals surface area (Å²) in [5.74, 6) is -0.557. The van der Waals surface area contributed by atoms with Crippen molar-refractivity contribution in [3.8, 4) is 5.69 Å². The number of carbonyl (C=O) groups is 2. The number of hydrogen-bond acceptors (Lipinski definition) is 3. The van der Waals surface area contributed by atoms with Crippen molar-refractivity contribution >= 4 is 34.4 Å². The van der Waals surface area contributed by atoms with E-state index in [1.807, 2.05) is 0 Å². The average Bonchev–Trinajstić information content (AvgIpc) is 3.43. The molecule has 2 amide bonds. The van der Waals surface area contributed by atoms with E-state index in [2.05, 4.69) is 20.6 Å². The lowest BCUT2D eigenvalue weighted by molar-refractivity contribution is -0.137. The topological polar surface area (TPSA) is 91.8 Å². The third kappa shape index (κ3) is 4.25. The van der Waals surface area contributed by atoms with E-state index in [4.69, 9.17) is 11.6 Å². The smallest absolute Gasteiger partial charge is 0.352 e. The highest BCUT2D eigenvalue weighted by molar-refractivity contribution is 6.31. The van der Waals surface area contributed by atoms with Crippen LogP contribution in [-0.4, -0.2) is 32.9 Å². The fourth-order valence-electron chi connectivity index (χ4n) is 4.21. The second-order valence-corrected chi connectivity index (χ2v) is 8.70. The zero-order valence-electron chi connectivity index (χ0n) is 18.3. The molecule has 2 aromatic heterocycles. The number of H-pyrrole nitrogens is 1. The Balaban J connectivity index is 1.45. The van der Waals surface area contributed by atoms with Crippen LogP contribution in [0.25, 0.3) is 16.7 Å². The van der Waals surface area contributed by atoms with Crippen LogP contribution in [0, 0.1) is 0 Å². The van der Waals surface area contributed by atoms with Crippen molar-refractivity contribution in [2.45, 2.75) is 25.6 Å². The van der Waals surface area contributed by atoms with Crippen molar-refractivity contribution in [1.29, 1.82) is 0 Å². The van der Waals surface area contributed by atoms with Gasteiger partial charge in [-0.05, 0) is 49.4 Å². The van der Waals surface area contributed by atoms with Gasteiger partial charge in [0.15, 0.2) is 0 Å². The van der Waals surface area contributed by atoms with E-state index in [0.717, 1.165) is 6.07 Å². The van der Waals surface area contributed by atoms with Crippen molar-refractivity contribution in [3.63, 3.8) is 0 Å². The summed E-state index contributed by atoms with van der Waals surface area (Å²) >= 11 is 5.99. The number of aromatic nitrogens is 3. The molecule has 11 heteroatoms. The lowest BCUT2D eigenvalue weighted by atomic mass is 10.1. The van der Waals surface area contributed by atoms with Gasteiger partial charge in [0.2, 0.25) is 0 Å². The first-order valence-electron chi connectivity index (χ1n) is 10.8. The van der Waals surface area contributed by atoms with E-state index in [-0.39, 0.29) is 17.2 Å². The Morgan fingerprint density at radius 2 is 2.00 bits per heavy atom. The van der Waals surface area contributed by atoms with Gasteiger partial charge in [-0.15, -0.1) is 0 Å². The number of aromatic amines is 1. The van der Waals surface area contributed by atoms with E-state index in [1.165, 1.54) is 29.0 Å². The number of alkyl halides is 3. The van der Waals surface area contributed by atoms with Gasteiger partial charge >= 0.3 is 6.18 Å². The Morgan fingerprint density at radius 3 is 2.77 bits per heavy atom. The van der Waals surface area contributed by atoms with Crippen LogP contribution in [-0.2, 0) is 12.6 Å². The van der Waals surface area contributed by atoms with Crippen molar-refractivity contribution in [3.05, 3.63) is 81.9 Å². The first-order chi connectivity index (χ1) is 16.6. The average molecular weight is 502 g/mol. The van der Waals surface area contributed by atoms with Gasteiger partial charge in [0, 0.05) is 35.4 Å². The van der Waals surface area contributed by atoms with E-state index < -0.39 is 23.7 Å². The molecule has 1 aliphatic rings. The predicted octanol–water partition coefficient (Wildman–Crippen LogP) is 4.80. The molecule has 180 valence electrons. The highest BCUT2D eigenvalue weighted by Gasteiger charge is 2.36. The Hall–Kier alpha value is -3.79. The van der Waals surface area contributed by atoms with Crippen LogP contribution in [0.3, 0.4) is 0 Å². The maximum Gasteiger partial charge on any atom is 0.418 e. The van der Waals surface area contributed by atoms with Crippen molar-refractivity contribution in [2.24, 2.45) is 0 Å². The summed E-state index contributed by atoms with van der Waals surface area (Å²) in [4.78, 5) is 32.4. The van der Waals surface area contributed by atoms with Crippen molar-refractivity contribution in [2.75, 3.05) is 6.54 Å². The fraction of sp³-hybridized carbons (Fsp3) is 0.208. The molecule has 4 aromatic rings. The molecule has 0 saturated carbocycles.